The van der Waals surface area contributed by atoms with E-state index in [0.29, 0.717) is 12.0 Å². The van der Waals surface area contributed by atoms with Crippen LogP contribution >= 0.6 is 0 Å². The quantitative estimate of drug-likeness (QED) is 0.526. The Bertz CT molecular complexity index is 985. The second kappa shape index (κ2) is 7.48. The molecule has 2 N–H and O–H groups in total. The highest BCUT2D eigenvalue weighted by atomic mass is 14.9. The van der Waals surface area contributed by atoms with E-state index >= 15 is 0 Å². The number of hydrogen-bond donors (Lipinski definition) is 2. The molecule has 1 unspecified atom stereocenters. The van der Waals surface area contributed by atoms with E-state index in [0.717, 1.165) is 13.0 Å². The second-order valence-corrected chi connectivity index (χ2v) is 8.02. The summed E-state index contributed by atoms with van der Waals surface area (Å²) in [5.41, 5.74) is 6.37. The molecule has 4 rings (SSSR count). The van der Waals surface area contributed by atoms with Crippen molar-refractivity contribution in [1.82, 2.24) is 0 Å². The fraction of sp³-hybridized carbons (Fsp3) is 0.280. The van der Waals surface area contributed by atoms with Crippen LogP contribution in [0.15, 0.2) is 60.7 Å². The average molecular weight is 357 g/mol. The normalized spacial score (nSPS) is 15.8. The van der Waals surface area contributed by atoms with E-state index in [4.69, 9.17) is 0 Å². The van der Waals surface area contributed by atoms with Gasteiger partial charge in [-0.3, -0.25) is 0 Å². The van der Waals surface area contributed by atoms with Crippen LogP contribution in [-0.4, -0.2) is 6.54 Å². The molecule has 2 heteroatoms. The highest BCUT2D eigenvalue weighted by Gasteiger charge is 2.18. The third-order valence-corrected chi connectivity index (χ3v) is 5.16. The molecule has 0 aliphatic heterocycles. The van der Waals surface area contributed by atoms with Gasteiger partial charge >= 0.3 is 0 Å². The average Bonchev–Trinajstić information content (AvgIpc) is 2.65. The van der Waals surface area contributed by atoms with Gasteiger partial charge in [0.25, 0.3) is 0 Å². The Morgan fingerprint density at radius 1 is 0.963 bits per heavy atom. The number of rotatable bonds is 5. The number of fused-ring (bicyclic) bond motifs is 2. The van der Waals surface area contributed by atoms with Gasteiger partial charge in [0.1, 0.15) is 0 Å². The van der Waals surface area contributed by atoms with Gasteiger partial charge in [-0.1, -0.05) is 44.2 Å². The van der Waals surface area contributed by atoms with E-state index in [-0.39, 0.29) is 0 Å². The van der Waals surface area contributed by atoms with E-state index in [1.54, 1.807) is 0 Å². The maximum Gasteiger partial charge on any atom is 0.0554 e. The van der Waals surface area contributed by atoms with Crippen LogP contribution in [0.1, 0.15) is 43.0 Å². The van der Waals surface area contributed by atoms with E-state index in [1.165, 1.54) is 38.8 Å². The van der Waals surface area contributed by atoms with Crippen LogP contribution in [0.5, 0.6) is 0 Å². The fourth-order valence-corrected chi connectivity index (χ4v) is 3.74. The first kappa shape index (κ1) is 17.7. The van der Waals surface area contributed by atoms with Gasteiger partial charge < -0.3 is 10.6 Å². The smallest absolute Gasteiger partial charge is 0.0554 e. The second-order valence-electron chi connectivity index (χ2n) is 8.02. The molecular formula is C25H28N2. The van der Waals surface area contributed by atoms with Crippen molar-refractivity contribution in [3.63, 3.8) is 0 Å². The molecule has 0 saturated heterocycles. The summed E-state index contributed by atoms with van der Waals surface area (Å²) in [6, 6.07) is 20.3. The molecule has 0 bridgehead atoms. The lowest BCUT2D eigenvalue weighted by Gasteiger charge is -2.25. The van der Waals surface area contributed by atoms with Gasteiger partial charge in [-0.05, 0) is 83.1 Å². The maximum absolute atomic E-state index is 3.73. The van der Waals surface area contributed by atoms with Crippen LogP contribution in [0, 0.1) is 12.8 Å². The maximum atomic E-state index is 3.73. The van der Waals surface area contributed by atoms with E-state index < -0.39 is 0 Å². The largest absolute Gasteiger partial charge is 0.385 e. The standard InChI is InChI=1S/C25H28N2/c1-17(2)16-26-22-11-10-19-13-20-7-5-9-25(24(20)15-21(19)14-22)27-23-8-4-6-18(3)12-23/h4-8,10-15,17,25-27H,9,16H2,1-3H3. The molecule has 27 heavy (non-hydrogen) atoms. The van der Waals surface area contributed by atoms with E-state index in [1.807, 2.05) is 0 Å². The Hall–Kier alpha value is -2.74. The number of anilines is 2. The molecule has 2 nitrogen and oxygen atoms in total. The minimum atomic E-state index is 0.309. The molecule has 1 atom stereocenters. The van der Waals surface area contributed by atoms with Gasteiger partial charge in [-0.25, -0.2) is 0 Å². The van der Waals surface area contributed by atoms with Crippen LogP contribution < -0.4 is 10.6 Å². The third-order valence-electron chi connectivity index (χ3n) is 5.16. The summed E-state index contributed by atoms with van der Waals surface area (Å²) in [5.74, 6) is 0.636. The Kier molecular flexibility index (Phi) is 4.89. The molecule has 0 aromatic heterocycles. The van der Waals surface area contributed by atoms with Crippen LogP contribution in [0.2, 0.25) is 0 Å². The van der Waals surface area contributed by atoms with Crippen molar-refractivity contribution in [1.29, 1.82) is 0 Å². The molecule has 0 amide bonds. The zero-order valence-corrected chi connectivity index (χ0v) is 16.4. The van der Waals surface area contributed by atoms with Crippen LogP contribution in [0.3, 0.4) is 0 Å². The van der Waals surface area contributed by atoms with Crippen molar-refractivity contribution in [3.05, 3.63) is 77.4 Å². The summed E-state index contributed by atoms with van der Waals surface area (Å²) < 4.78 is 0. The summed E-state index contributed by atoms with van der Waals surface area (Å²) >= 11 is 0. The van der Waals surface area contributed by atoms with Gasteiger partial charge in [-0.15, -0.1) is 0 Å². The first-order valence-electron chi connectivity index (χ1n) is 9.90. The lowest BCUT2D eigenvalue weighted by molar-refractivity contribution is 0.689. The fourth-order valence-electron chi connectivity index (χ4n) is 3.74. The number of hydrogen-bond acceptors (Lipinski definition) is 2. The predicted molar refractivity (Wildman–Crippen MR) is 118 cm³/mol. The minimum absolute atomic E-state index is 0.309. The lowest BCUT2D eigenvalue weighted by Crippen LogP contribution is -2.13. The number of nitrogens with one attached hydrogen (secondary N) is 2. The van der Waals surface area contributed by atoms with Crippen molar-refractivity contribution in [2.45, 2.75) is 33.2 Å². The van der Waals surface area contributed by atoms with Gasteiger partial charge in [0.05, 0.1) is 6.04 Å². The zero-order chi connectivity index (χ0) is 18.8. The highest BCUT2D eigenvalue weighted by molar-refractivity contribution is 5.89. The summed E-state index contributed by atoms with van der Waals surface area (Å²) in [4.78, 5) is 0. The van der Waals surface area contributed by atoms with E-state index in [9.17, 15) is 0 Å². The Labute approximate surface area is 162 Å². The molecule has 3 aromatic carbocycles. The zero-order valence-electron chi connectivity index (χ0n) is 16.4. The summed E-state index contributed by atoms with van der Waals surface area (Å²) in [6.45, 7) is 7.60. The SMILES string of the molecule is Cc1cccc(NC2CC=Cc3cc4ccc(NCC(C)C)cc4cc32)c1. The Morgan fingerprint density at radius 2 is 1.85 bits per heavy atom. The molecule has 0 heterocycles. The molecule has 0 radical (unpaired) electrons. The Morgan fingerprint density at radius 3 is 2.67 bits per heavy atom. The van der Waals surface area contributed by atoms with Gasteiger partial charge in [0, 0.05) is 17.9 Å². The van der Waals surface area contributed by atoms with Crippen molar-refractivity contribution in [3.8, 4) is 0 Å². The number of benzene rings is 3. The first-order chi connectivity index (χ1) is 13.1. The third kappa shape index (κ3) is 4.00. The minimum Gasteiger partial charge on any atom is -0.385 e. The molecule has 1 aliphatic rings. The van der Waals surface area contributed by atoms with Crippen LogP contribution in [0.25, 0.3) is 16.8 Å². The lowest BCUT2D eigenvalue weighted by atomic mass is 9.89. The van der Waals surface area contributed by atoms with Gasteiger partial charge in [0.15, 0.2) is 0 Å². The van der Waals surface area contributed by atoms with Gasteiger partial charge in [0.2, 0.25) is 0 Å². The van der Waals surface area contributed by atoms with Crippen molar-refractivity contribution in [2.24, 2.45) is 5.92 Å². The Balaban J connectivity index is 1.66. The molecule has 3 aromatic rings. The molecule has 1 aliphatic carbocycles. The van der Waals surface area contributed by atoms with Crippen molar-refractivity contribution >= 4 is 28.2 Å². The van der Waals surface area contributed by atoms with Crippen LogP contribution in [-0.2, 0) is 0 Å². The molecule has 0 spiro atoms. The monoisotopic (exact) mass is 356 g/mol. The van der Waals surface area contributed by atoms with Crippen molar-refractivity contribution < 1.29 is 0 Å². The van der Waals surface area contributed by atoms with E-state index in [2.05, 4.69) is 98.2 Å². The summed E-state index contributed by atoms with van der Waals surface area (Å²) in [7, 11) is 0. The summed E-state index contributed by atoms with van der Waals surface area (Å²) in [5, 5.41) is 9.87. The first-order valence-corrected chi connectivity index (χ1v) is 9.90. The van der Waals surface area contributed by atoms with Crippen molar-refractivity contribution in [2.75, 3.05) is 17.2 Å². The van der Waals surface area contributed by atoms with Gasteiger partial charge in [-0.2, -0.15) is 0 Å². The molecule has 138 valence electrons. The van der Waals surface area contributed by atoms with Crippen LogP contribution in [0.4, 0.5) is 11.4 Å². The predicted octanol–water partition coefficient (Wildman–Crippen LogP) is 6.79. The highest BCUT2D eigenvalue weighted by Crippen LogP contribution is 2.34. The summed E-state index contributed by atoms with van der Waals surface area (Å²) in [6.07, 6.45) is 5.55. The topological polar surface area (TPSA) is 24.1 Å². The molecule has 0 fully saturated rings. The molecule has 0 saturated carbocycles. The number of aryl methyl sites for hydroxylation is 1. The molecular weight excluding hydrogens is 328 g/mol.